The van der Waals surface area contributed by atoms with Crippen LogP contribution in [0.4, 0.5) is 37.0 Å². The molecule has 2 aliphatic rings. The molecule has 29 heavy (non-hydrogen) atoms. The molecule has 2 fully saturated rings. The highest BCUT2D eigenvalue weighted by Crippen LogP contribution is 2.59. The van der Waals surface area contributed by atoms with Crippen LogP contribution in [0.15, 0.2) is 12.3 Å². The zero-order chi connectivity index (χ0) is 21.6. The van der Waals surface area contributed by atoms with Crippen LogP contribution in [-0.2, 0) is 16.6 Å². The fourth-order valence-corrected chi connectivity index (χ4v) is 3.60. The van der Waals surface area contributed by atoms with E-state index < -0.39 is 30.0 Å². The van der Waals surface area contributed by atoms with Gasteiger partial charge in [0.1, 0.15) is 0 Å². The molecule has 0 aromatic carbocycles. The summed E-state index contributed by atoms with van der Waals surface area (Å²) in [7, 11) is 1.69. The number of halogens is 6. The summed E-state index contributed by atoms with van der Waals surface area (Å²) >= 11 is 0. The van der Waals surface area contributed by atoms with Gasteiger partial charge in [0.25, 0.3) is 6.10 Å². The smallest absolute Gasteiger partial charge is 0.426 e. The maximum absolute atomic E-state index is 12.5. The summed E-state index contributed by atoms with van der Waals surface area (Å²) in [5.41, 5.74) is -0.414. The summed E-state index contributed by atoms with van der Waals surface area (Å²) in [6.07, 6.45) is -14.6. The molecule has 1 unspecified atom stereocenters. The Morgan fingerprint density at radius 3 is 2.28 bits per heavy atom. The first-order valence-electron chi connectivity index (χ1n) is 8.71. The van der Waals surface area contributed by atoms with E-state index in [-0.39, 0.29) is 37.8 Å². The summed E-state index contributed by atoms with van der Waals surface area (Å²) in [5.74, 6) is -0.222. The molecule has 13 heteroatoms. The van der Waals surface area contributed by atoms with Crippen LogP contribution in [0.1, 0.15) is 19.3 Å². The lowest BCUT2D eigenvalue weighted by Gasteiger charge is -2.33. The van der Waals surface area contributed by atoms with Gasteiger partial charge < -0.3 is 15.0 Å². The zero-order valence-electron chi connectivity index (χ0n) is 15.2. The first kappa shape index (κ1) is 21.2. The molecule has 3 rings (SSSR count). The molecular weight excluding hydrogens is 410 g/mol. The van der Waals surface area contributed by atoms with Gasteiger partial charge in [-0.25, -0.2) is 4.79 Å². The van der Waals surface area contributed by atoms with E-state index in [0.29, 0.717) is 12.2 Å². The number of ether oxygens (including phenoxy) is 1. The molecule has 0 bridgehead atoms. The highest BCUT2D eigenvalue weighted by molar-refractivity contribution is 5.94. The van der Waals surface area contributed by atoms with Crippen LogP contribution in [0.2, 0.25) is 0 Å². The molecule has 1 aromatic rings. The minimum atomic E-state index is -5.75. The molecule has 1 aliphatic carbocycles. The number of aryl methyl sites for hydroxylation is 1. The lowest BCUT2D eigenvalue weighted by Crippen LogP contribution is -2.49. The van der Waals surface area contributed by atoms with Crippen LogP contribution in [0.25, 0.3) is 0 Å². The number of amides is 2. The second-order valence-electron chi connectivity index (χ2n) is 7.32. The van der Waals surface area contributed by atoms with Gasteiger partial charge in [-0.05, 0) is 24.7 Å². The first-order chi connectivity index (χ1) is 13.3. The summed E-state index contributed by atoms with van der Waals surface area (Å²) in [4.78, 5) is 24.9. The van der Waals surface area contributed by atoms with E-state index in [9.17, 15) is 35.9 Å². The number of alkyl halides is 6. The van der Waals surface area contributed by atoms with Crippen molar-refractivity contribution in [2.45, 2.75) is 37.7 Å². The second kappa shape index (κ2) is 7.10. The molecule has 1 saturated carbocycles. The number of carbonyl (C=O) groups excluding carboxylic acids is 2. The van der Waals surface area contributed by atoms with Crippen molar-refractivity contribution in [2.75, 3.05) is 18.4 Å². The molecule has 1 N–H and O–H groups in total. The van der Waals surface area contributed by atoms with Gasteiger partial charge in [-0.3, -0.25) is 9.48 Å². The Morgan fingerprint density at radius 1 is 1.21 bits per heavy atom. The van der Waals surface area contributed by atoms with Crippen LogP contribution in [-0.4, -0.2) is 58.2 Å². The molecular formula is C16H18F6N4O3. The molecule has 1 aliphatic heterocycles. The number of nitrogens with one attached hydrogen (secondary N) is 1. The molecule has 7 nitrogen and oxygen atoms in total. The number of rotatable bonds is 3. The quantitative estimate of drug-likeness (QED) is 0.751. The fourth-order valence-electron chi connectivity index (χ4n) is 3.60. The van der Waals surface area contributed by atoms with Crippen molar-refractivity contribution in [3.8, 4) is 0 Å². The molecule has 2 heterocycles. The third-order valence-corrected chi connectivity index (χ3v) is 5.30. The highest BCUT2D eigenvalue weighted by atomic mass is 19.4. The second-order valence-corrected chi connectivity index (χ2v) is 7.32. The number of carbonyl (C=O) groups is 2. The maximum atomic E-state index is 12.5. The minimum Gasteiger partial charge on any atom is -0.426 e. The van der Waals surface area contributed by atoms with Crippen molar-refractivity contribution in [1.29, 1.82) is 0 Å². The van der Waals surface area contributed by atoms with Crippen molar-refractivity contribution in [3.05, 3.63) is 12.3 Å². The summed E-state index contributed by atoms with van der Waals surface area (Å²) in [6.45, 7) is -0.177. The van der Waals surface area contributed by atoms with Crippen molar-refractivity contribution in [2.24, 2.45) is 18.4 Å². The van der Waals surface area contributed by atoms with E-state index in [2.05, 4.69) is 15.2 Å². The monoisotopic (exact) mass is 428 g/mol. The fraction of sp³-hybridized carbons (Fsp3) is 0.688. The molecule has 0 radical (unpaired) electrons. The number of piperidine rings is 1. The van der Waals surface area contributed by atoms with Crippen LogP contribution < -0.4 is 5.32 Å². The van der Waals surface area contributed by atoms with Crippen molar-refractivity contribution >= 4 is 17.8 Å². The Bertz CT molecular complexity index is 768. The third-order valence-electron chi connectivity index (χ3n) is 5.30. The number of hydrogen-bond donors (Lipinski definition) is 1. The predicted octanol–water partition coefficient (Wildman–Crippen LogP) is 3.09. The van der Waals surface area contributed by atoms with E-state index in [1.54, 1.807) is 19.3 Å². The average molecular weight is 428 g/mol. The molecule has 1 aromatic heterocycles. The Kier molecular flexibility index (Phi) is 5.20. The normalized spacial score (nSPS) is 21.4. The van der Waals surface area contributed by atoms with Gasteiger partial charge in [0.2, 0.25) is 5.91 Å². The number of aromatic nitrogens is 2. The van der Waals surface area contributed by atoms with E-state index in [4.69, 9.17) is 0 Å². The lowest BCUT2D eigenvalue weighted by molar-refractivity contribution is -0.308. The standard InChI is InChI=1S/C16H18F6N4O3/c1-25-5-2-10(24-25)23-11(27)9-8-14(9)3-6-26(7-4-14)13(28)29-12(15(17,18)19)16(20,21)22/h2,5,9,12H,3-4,6-8H2,1H3,(H,23,24,27). The Labute approximate surface area is 161 Å². The number of anilines is 1. The predicted molar refractivity (Wildman–Crippen MR) is 85.6 cm³/mol. The molecule has 1 saturated heterocycles. The van der Waals surface area contributed by atoms with E-state index in [0.717, 1.165) is 4.90 Å². The van der Waals surface area contributed by atoms with Crippen LogP contribution in [0.5, 0.6) is 0 Å². The van der Waals surface area contributed by atoms with Gasteiger partial charge in [-0.15, -0.1) is 0 Å². The van der Waals surface area contributed by atoms with E-state index in [1.165, 1.54) is 4.68 Å². The van der Waals surface area contributed by atoms with Gasteiger partial charge in [-0.1, -0.05) is 0 Å². The lowest BCUT2D eigenvalue weighted by atomic mass is 9.91. The minimum absolute atomic E-state index is 0.0887. The molecule has 162 valence electrons. The highest BCUT2D eigenvalue weighted by Gasteiger charge is 2.61. The van der Waals surface area contributed by atoms with Crippen molar-refractivity contribution in [3.63, 3.8) is 0 Å². The van der Waals surface area contributed by atoms with Crippen molar-refractivity contribution < 1.29 is 40.7 Å². The Balaban J connectivity index is 1.53. The van der Waals surface area contributed by atoms with Gasteiger partial charge in [0.15, 0.2) is 5.82 Å². The number of likely N-dealkylation sites (tertiary alicyclic amines) is 1. The van der Waals surface area contributed by atoms with Gasteiger partial charge >= 0.3 is 18.4 Å². The summed E-state index contributed by atoms with van der Waals surface area (Å²) in [5, 5.41) is 6.69. The van der Waals surface area contributed by atoms with E-state index >= 15 is 0 Å². The van der Waals surface area contributed by atoms with Crippen LogP contribution in [0.3, 0.4) is 0 Å². The Morgan fingerprint density at radius 2 is 1.79 bits per heavy atom. The largest absolute Gasteiger partial charge is 0.434 e. The zero-order valence-corrected chi connectivity index (χ0v) is 15.2. The average Bonchev–Trinajstić information content (AvgIpc) is 3.14. The van der Waals surface area contributed by atoms with Crippen molar-refractivity contribution in [1.82, 2.24) is 14.7 Å². The number of nitrogens with zero attached hydrogens (tertiary/aromatic N) is 3. The summed E-state index contributed by atoms with van der Waals surface area (Å²) in [6, 6.07) is 1.61. The number of hydrogen-bond acceptors (Lipinski definition) is 4. The van der Waals surface area contributed by atoms with Crippen LogP contribution >= 0.6 is 0 Å². The van der Waals surface area contributed by atoms with Gasteiger partial charge in [0.05, 0.1) is 0 Å². The van der Waals surface area contributed by atoms with Gasteiger partial charge in [-0.2, -0.15) is 31.4 Å². The topological polar surface area (TPSA) is 76.5 Å². The van der Waals surface area contributed by atoms with Crippen LogP contribution in [0, 0.1) is 11.3 Å². The first-order valence-corrected chi connectivity index (χ1v) is 8.71. The third kappa shape index (κ3) is 4.58. The Hall–Kier alpha value is -2.47. The SMILES string of the molecule is Cn1ccc(NC(=O)C2CC23CCN(C(=O)OC(C(F)(F)F)C(F)(F)F)CC3)n1. The van der Waals surface area contributed by atoms with Gasteiger partial charge in [0, 0.05) is 38.3 Å². The molecule has 1 spiro atoms. The maximum Gasteiger partial charge on any atom is 0.434 e. The molecule has 1 atom stereocenters. The van der Waals surface area contributed by atoms with E-state index in [1.807, 2.05) is 0 Å². The summed E-state index contributed by atoms with van der Waals surface area (Å²) < 4.78 is 80.4. The molecule has 2 amide bonds.